The maximum absolute atomic E-state index is 12.1. The third kappa shape index (κ3) is 13.9. The number of aliphatic hydroxyl groups excluding tert-OH is 7. The Morgan fingerprint density at radius 3 is 0.797 bits per heavy atom. The number of esters is 2. The lowest BCUT2D eigenvalue weighted by atomic mass is 9.78. The summed E-state index contributed by atoms with van der Waals surface area (Å²) in [6.45, 7) is 7.86. The second-order valence-electron chi connectivity index (χ2n) is 17.5. The fourth-order valence-electron chi connectivity index (χ4n) is 6.17. The van der Waals surface area contributed by atoms with Gasteiger partial charge in [0, 0.05) is 10.8 Å². The highest BCUT2D eigenvalue weighted by molar-refractivity contribution is 5.77. The highest BCUT2D eigenvalue weighted by atomic mass is 16.6. The SMILES string of the molecule is CC(CO)(CO)C(=O)OCC(O)COc1ccc(C(C)(C)c2ccc(OCC(O)COc3ccc(C(C)(C)c4ccc(OCC(O)COC(=O)C(C)(CO)CO)cc4)cc3)cc2)cc1. The van der Waals surface area contributed by atoms with E-state index in [2.05, 4.69) is 27.7 Å². The number of benzene rings is 4. The van der Waals surface area contributed by atoms with Gasteiger partial charge in [-0.1, -0.05) is 76.2 Å². The second kappa shape index (κ2) is 23.1. The van der Waals surface area contributed by atoms with Gasteiger partial charge in [0.15, 0.2) is 0 Å². The standard InChI is InChI=1S/C49H64O15/c1-46(2,35-11-19-42(20-12-35)61-25-38(55)27-63-44(57)48(5,29-50)30-51)33-7-15-40(16-8-33)59-23-37(54)24-60-41-17-9-34(10-18-41)47(3,4)36-13-21-43(22-14-36)62-26-39(56)28-64-45(58)49(6,31-52)32-53/h7-22,37-39,50-56H,23-32H2,1-6H3. The van der Waals surface area contributed by atoms with Crippen molar-refractivity contribution in [2.45, 2.75) is 70.7 Å². The highest BCUT2D eigenvalue weighted by Gasteiger charge is 2.35. The fraction of sp³-hybridized carbons (Fsp3) is 0.469. The number of aliphatic hydroxyl groups is 7. The molecule has 0 aromatic heterocycles. The summed E-state index contributed by atoms with van der Waals surface area (Å²) >= 11 is 0. The molecule has 0 fully saturated rings. The molecule has 0 bridgehead atoms. The van der Waals surface area contributed by atoms with Crippen molar-refractivity contribution in [1.82, 2.24) is 0 Å². The molecule has 0 aliphatic heterocycles. The van der Waals surface area contributed by atoms with Crippen LogP contribution >= 0.6 is 0 Å². The van der Waals surface area contributed by atoms with Gasteiger partial charge in [0.25, 0.3) is 0 Å². The summed E-state index contributed by atoms with van der Waals surface area (Å²) in [6.07, 6.45) is -3.10. The quantitative estimate of drug-likeness (QED) is 0.0446. The zero-order chi connectivity index (χ0) is 47.1. The van der Waals surface area contributed by atoms with Gasteiger partial charge < -0.3 is 64.2 Å². The van der Waals surface area contributed by atoms with Crippen molar-refractivity contribution in [2.75, 3.05) is 66.1 Å². The zero-order valence-corrected chi connectivity index (χ0v) is 37.4. The molecule has 15 nitrogen and oxygen atoms in total. The van der Waals surface area contributed by atoms with E-state index in [9.17, 15) is 45.3 Å². The number of rotatable bonds is 26. The van der Waals surface area contributed by atoms with E-state index in [1.165, 1.54) is 13.8 Å². The minimum absolute atomic E-state index is 0.0258. The molecule has 0 saturated carbocycles. The summed E-state index contributed by atoms with van der Waals surface area (Å²) in [7, 11) is 0. The summed E-state index contributed by atoms with van der Waals surface area (Å²) < 4.78 is 33.1. The predicted octanol–water partition coefficient (Wildman–Crippen LogP) is 3.70. The number of ether oxygens (including phenoxy) is 6. The van der Waals surface area contributed by atoms with Crippen molar-refractivity contribution in [3.05, 3.63) is 119 Å². The monoisotopic (exact) mass is 892 g/mol. The topological polar surface area (TPSA) is 231 Å². The van der Waals surface area contributed by atoms with Crippen molar-refractivity contribution < 1.29 is 73.8 Å². The lowest BCUT2D eigenvalue weighted by molar-refractivity contribution is -0.164. The third-order valence-corrected chi connectivity index (χ3v) is 11.3. The molecular weight excluding hydrogens is 829 g/mol. The normalized spacial score (nSPS) is 13.6. The van der Waals surface area contributed by atoms with Crippen molar-refractivity contribution in [3.63, 3.8) is 0 Å². The smallest absolute Gasteiger partial charge is 0.316 e. The molecule has 4 rings (SSSR count). The maximum Gasteiger partial charge on any atom is 0.316 e. The van der Waals surface area contributed by atoms with Crippen LogP contribution < -0.4 is 18.9 Å². The minimum Gasteiger partial charge on any atom is -0.491 e. The van der Waals surface area contributed by atoms with Crippen LogP contribution in [0.5, 0.6) is 23.0 Å². The Morgan fingerprint density at radius 1 is 0.391 bits per heavy atom. The van der Waals surface area contributed by atoms with E-state index in [4.69, 9.17) is 28.4 Å². The van der Waals surface area contributed by atoms with Crippen molar-refractivity contribution in [3.8, 4) is 23.0 Å². The van der Waals surface area contributed by atoms with Crippen LogP contribution in [0.25, 0.3) is 0 Å². The molecule has 7 N–H and O–H groups in total. The molecule has 0 radical (unpaired) electrons. The summed E-state index contributed by atoms with van der Waals surface area (Å²) in [5.41, 5.74) is 0.445. The zero-order valence-electron chi connectivity index (χ0n) is 37.4. The van der Waals surface area contributed by atoms with E-state index >= 15 is 0 Å². The Kier molecular flexibility index (Phi) is 18.5. The van der Waals surface area contributed by atoms with E-state index in [-0.39, 0.29) is 50.5 Å². The third-order valence-electron chi connectivity index (χ3n) is 11.3. The Balaban J connectivity index is 1.19. The van der Waals surface area contributed by atoms with Gasteiger partial charge in [0.1, 0.15) is 91.8 Å². The summed E-state index contributed by atoms with van der Waals surface area (Å²) in [5.74, 6) is 0.605. The number of hydrogen-bond donors (Lipinski definition) is 7. The largest absolute Gasteiger partial charge is 0.491 e. The molecule has 15 heteroatoms. The van der Waals surface area contributed by atoms with Crippen molar-refractivity contribution in [2.24, 2.45) is 10.8 Å². The lowest BCUT2D eigenvalue weighted by Gasteiger charge is -2.27. The second-order valence-corrected chi connectivity index (χ2v) is 17.5. The van der Waals surface area contributed by atoms with Crippen molar-refractivity contribution >= 4 is 11.9 Å². The van der Waals surface area contributed by atoms with Crippen LogP contribution in [0.1, 0.15) is 63.8 Å². The maximum atomic E-state index is 12.1. The molecule has 0 aliphatic carbocycles. The van der Waals surface area contributed by atoms with Gasteiger partial charge in [-0.25, -0.2) is 0 Å². The first-order valence-corrected chi connectivity index (χ1v) is 21.1. The van der Waals surface area contributed by atoms with Crippen LogP contribution in [0.2, 0.25) is 0 Å². The molecule has 0 aliphatic rings. The number of carbonyl (C=O) groups excluding carboxylic acids is 2. The van der Waals surface area contributed by atoms with Gasteiger partial charge in [-0.05, 0) is 84.6 Å². The lowest BCUT2D eigenvalue weighted by Crippen LogP contribution is -2.39. The first-order valence-electron chi connectivity index (χ1n) is 21.1. The summed E-state index contributed by atoms with van der Waals surface area (Å²) in [4.78, 5) is 24.2. The average molecular weight is 893 g/mol. The fourth-order valence-corrected chi connectivity index (χ4v) is 6.17. The first kappa shape index (κ1) is 51.4. The number of hydrogen-bond acceptors (Lipinski definition) is 15. The molecule has 4 aromatic carbocycles. The molecule has 0 amide bonds. The molecule has 0 spiro atoms. The van der Waals surface area contributed by atoms with Gasteiger partial charge >= 0.3 is 11.9 Å². The molecule has 0 saturated heterocycles. The van der Waals surface area contributed by atoms with Crippen LogP contribution in [0.3, 0.4) is 0 Å². The Hall–Kier alpha value is -5.26. The van der Waals surface area contributed by atoms with Crippen LogP contribution in [0, 0.1) is 10.8 Å². The summed E-state index contributed by atoms with van der Waals surface area (Å²) in [6, 6.07) is 30.2. The Labute approximate surface area is 374 Å². The first-order chi connectivity index (χ1) is 30.3. The van der Waals surface area contributed by atoms with Crippen LogP contribution in [-0.2, 0) is 29.9 Å². The Morgan fingerprint density at radius 2 is 0.594 bits per heavy atom. The van der Waals surface area contributed by atoms with Crippen molar-refractivity contribution in [1.29, 1.82) is 0 Å². The minimum atomic E-state index is -1.45. The van der Waals surface area contributed by atoms with E-state index in [1.807, 2.05) is 72.8 Å². The Bertz CT molecular complexity index is 1880. The van der Waals surface area contributed by atoms with Gasteiger partial charge in [0.2, 0.25) is 0 Å². The molecule has 64 heavy (non-hydrogen) atoms. The molecular formula is C49H64O15. The van der Waals surface area contributed by atoms with Crippen LogP contribution in [0.4, 0.5) is 0 Å². The molecule has 2 unspecified atom stereocenters. The predicted molar refractivity (Wildman–Crippen MR) is 236 cm³/mol. The van der Waals surface area contributed by atoms with E-state index in [0.29, 0.717) is 23.0 Å². The van der Waals surface area contributed by atoms with E-state index in [0.717, 1.165) is 22.3 Å². The number of carbonyl (C=O) groups is 2. The summed E-state index contributed by atoms with van der Waals surface area (Å²) in [5, 5.41) is 68.4. The molecule has 0 heterocycles. The van der Waals surface area contributed by atoms with Gasteiger partial charge in [0.05, 0.1) is 26.4 Å². The van der Waals surface area contributed by atoms with Gasteiger partial charge in [-0.3, -0.25) is 9.59 Å². The van der Waals surface area contributed by atoms with E-state index < -0.39 is 67.5 Å². The van der Waals surface area contributed by atoms with Gasteiger partial charge in [-0.2, -0.15) is 0 Å². The average Bonchev–Trinajstić information content (AvgIpc) is 3.32. The van der Waals surface area contributed by atoms with E-state index in [1.54, 1.807) is 24.3 Å². The highest BCUT2D eigenvalue weighted by Crippen LogP contribution is 2.35. The van der Waals surface area contributed by atoms with Crippen LogP contribution in [-0.4, -0.2) is 132 Å². The molecule has 2 atom stereocenters. The van der Waals surface area contributed by atoms with Gasteiger partial charge in [-0.15, -0.1) is 0 Å². The van der Waals surface area contributed by atoms with Crippen LogP contribution in [0.15, 0.2) is 97.1 Å². The molecule has 4 aromatic rings. The molecule has 350 valence electrons.